The molecular formula is C15H15Cl2NO3. The molecule has 1 aromatic carbocycles. The van der Waals surface area contributed by atoms with Crippen LogP contribution in [-0.2, 0) is 11.8 Å². The van der Waals surface area contributed by atoms with E-state index in [4.69, 9.17) is 32.7 Å². The van der Waals surface area contributed by atoms with E-state index in [1.165, 1.54) is 0 Å². The van der Waals surface area contributed by atoms with Gasteiger partial charge < -0.3 is 14.0 Å². The van der Waals surface area contributed by atoms with Crippen molar-refractivity contribution in [3.05, 3.63) is 51.8 Å². The topological polar surface area (TPSA) is 40.5 Å². The number of halogens is 2. The number of ether oxygens (including phenoxy) is 2. The molecule has 0 fully saturated rings. The summed E-state index contributed by atoms with van der Waals surface area (Å²) in [6.07, 6.45) is 0. The van der Waals surface area contributed by atoms with E-state index in [0.29, 0.717) is 21.5 Å². The Hall–Kier alpha value is -1.65. The van der Waals surface area contributed by atoms with Gasteiger partial charge >= 0.3 is 5.97 Å². The second kappa shape index (κ2) is 6.87. The zero-order valence-corrected chi connectivity index (χ0v) is 13.2. The number of aromatic nitrogens is 1. The highest BCUT2D eigenvalue weighted by Crippen LogP contribution is 2.32. The summed E-state index contributed by atoms with van der Waals surface area (Å²) in [6, 6.07) is 8.68. The molecule has 1 aromatic heterocycles. The fourth-order valence-electron chi connectivity index (χ4n) is 1.79. The summed E-state index contributed by atoms with van der Waals surface area (Å²) >= 11 is 11.9. The maximum Gasteiger partial charge on any atom is 0.355 e. The summed E-state index contributed by atoms with van der Waals surface area (Å²) in [5.74, 6) is 0.00560. The van der Waals surface area contributed by atoms with Crippen LogP contribution in [0.2, 0.25) is 10.0 Å². The summed E-state index contributed by atoms with van der Waals surface area (Å²) in [7, 11) is 1.81. The van der Waals surface area contributed by atoms with Gasteiger partial charge in [-0.15, -0.1) is 0 Å². The van der Waals surface area contributed by atoms with Crippen LogP contribution in [0.5, 0.6) is 5.75 Å². The van der Waals surface area contributed by atoms with E-state index in [9.17, 15) is 4.79 Å². The second-order valence-electron chi connectivity index (χ2n) is 4.45. The molecular weight excluding hydrogens is 313 g/mol. The van der Waals surface area contributed by atoms with Gasteiger partial charge in [0.15, 0.2) is 5.75 Å². The number of nitrogens with zero attached hydrogens (tertiary/aromatic N) is 1. The first-order valence-corrected chi connectivity index (χ1v) is 7.12. The van der Waals surface area contributed by atoms with Gasteiger partial charge in [-0.2, -0.15) is 0 Å². The van der Waals surface area contributed by atoms with Gasteiger partial charge in [-0.1, -0.05) is 29.3 Å². The lowest BCUT2D eigenvalue weighted by atomic mass is 10.3. The molecule has 2 rings (SSSR count). The second-order valence-corrected chi connectivity index (χ2v) is 5.27. The first kappa shape index (κ1) is 15.7. The number of para-hydroxylation sites is 1. The smallest absolute Gasteiger partial charge is 0.355 e. The highest BCUT2D eigenvalue weighted by Gasteiger charge is 2.12. The first-order valence-electron chi connectivity index (χ1n) is 6.37. The summed E-state index contributed by atoms with van der Waals surface area (Å²) in [4.78, 5) is 11.9. The molecule has 1 heterocycles. The van der Waals surface area contributed by atoms with Crippen molar-refractivity contribution in [3.63, 3.8) is 0 Å². The van der Waals surface area contributed by atoms with Crippen molar-refractivity contribution >= 4 is 29.2 Å². The Morgan fingerprint density at radius 3 is 2.38 bits per heavy atom. The average molecular weight is 328 g/mol. The van der Waals surface area contributed by atoms with Crippen LogP contribution in [0.25, 0.3) is 0 Å². The van der Waals surface area contributed by atoms with E-state index in [0.717, 1.165) is 5.69 Å². The quantitative estimate of drug-likeness (QED) is 0.618. The first-order chi connectivity index (χ1) is 10.0. The Morgan fingerprint density at radius 2 is 1.81 bits per heavy atom. The number of benzene rings is 1. The molecule has 0 spiro atoms. The average Bonchev–Trinajstić information content (AvgIpc) is 2.77. The van der Waals surface area contributed by atoms with Crippen LogP contribution in [0.4, 0.5) is 0 Å². The van der Waals surface area contributed by atoms with Crippen molar-refractivity contribution in [2.24, 2.45) is 7.05 Å². The molecule has 0 aliphatic rings. The van der Waals surface area contributed by atoms with Gasteiger partial charge in [-0.3, -0.25) is 0 Å². The highest BCUT2D eigenvalue weighted by molar-refractivity contribution is 6.37. The molecule has 112 valence electrons. The van der Waals surface area contributed by atoms with Gasteiger partial charge in [0, 0.05) is 12.7 Å². The number of hydrogen-bond donors (Lipinski definition) is 0. The van der Waals surface area contributed by atoms with Gasteiger partial charge in [-0.25, -0.2) is 4.79 Å². The molecule has 21 heavy (non-hydrogen) atoms. The van der Waals surface area contributed by atoms with E-state index in [1.807, 2.05) is 20.0 Å². The predicted molar refractivity (Wildman–Crippen MR) is 82.4 cm³/mol. The monoisotopic (exact) mass is 327 g/mol. The minimum absolute atomic E-state index is 0.116. The zero-order chi connectivity index (χ0) is 15.4. The SMILES string of the molecule is Cc1ccc(C(=O)OCCOc2c(Cl)cccc2Cl)n1C. The molecule has 0 saturated carbocycles. The van der Waals surface area contributed by atoms with E-state index < -0.39 is 0 Å². The number of rotatable bonds is 5. The maximum atomic E-state index is 11.9. The highest BCUT2D eigenvalue weighted by atomic mass is 35.5. The predicted octanol–water partition coefficient (Wildman–Crippen LogP) is 3.88. The van der Waals surface area contributed by atoms with Crippen molar-refractivity contribution in [1.82, 2.24) is 4.57 Å². The van der Waals surface area contributed by atoms with Gasteiger partial charge in [0.05, 0.1) is 10.0 Å². The molecule has 0 amide bonds. The lowest BCUT2D eigenvalue weighted by Gasteiger charge is -2.10. The van der Waals surface area contributed by atoms with Crippen LogP contribution in [-0.4, -0.2) is 23.8 Å². The third-order valence-corrected chi connectivity index (χ3v) is 3.66. The Labute approximate surface area is 133 Å². The molecule has 4 nitrogen and oxygen atoms in total. The van der Waals surface area contributed by atoms with Crippen LogP contribution in [0.15, 0.2) is 30.3 Å². The normalized spacial score (nSPS) is 10.5. The molecule has 2 aromatic rings. The maximum absolute atomic E-state index is 11.9. The molecule has 0 atom stereocenters. The molecule has 0 radical (unpaired) electrons. The van der Waals surface area contributed by atoms with Crippen molar-refractivity contribution in [2.75, 3.05) is 13.2 Å². The lowest BCUT2D eigenvalue weighted by molar-refractivity contribution is 0.0439. The van der Waals surface area contributed by atoms with Crippen molar-refractivity contribution in [2.45, 2.75) is 6.92 Å². The fraction of sp³-hybridized carbons (Fsp3) is 0.267. The summed E-state index contributed by atoms with van der Waals surface area (Å²) in [5, 5.41) is 0.846. The zero-order valence-electron chi connectivity index (χ0n) is 11.7. The van der Waals surface area contributed by atoms with E-state index in [1.54, 1.807) is 28.8 Å². The fourth-order valence-corrected chi connectivity index (χ4v) is 2.30. The standard InChI is InChI=1S/C15H15Cl2NO3/c1-10-6-7-13(18(10)2)15(19)21-9-8-20-14-11(16)4-3-5-12(14)17/h3-7H,8-9H2,1-2H3. The van der Waals surface area contributed by atoms with Gasteiger partial charge in [0.2, 0.25) is 0 Å². The minimum atomic E-state index is -0.389. The lowest BCUT2D eigenvalue weighted by Crippen LogP contribution is -2.15. The van der Waals surface area contributed by atoms with E-state index in [2.05, 4.69) is 0 Å². The Kier molecular flexibility index (Phi) is 5.15. The van der Waals surface area contributed by atoms with Crippen molar-refractivity contribution < 1.29 is 14.3 Å². The number of hydrogen-bond acceptors (Lipinski definition) is 3. The molecule has 0 bridgehead atoms. The third-order valence-electron chi connectivity index (χ3n) is 3.06. The van der Waals surface area contributed by atoms with Crippen LogP contribution < -0.4 is 4.74 Å². The number of aryl methyl sites for hydroxylation is 1. The van der Waals surface area contributed by atoms with Gasteiger partial charge in [0.1, 0.15) is 18.9 Å². The van der Waals surface area contributed by atoms with Crippen molar-refractivity contribution in [1.29, 1.82) is 0 Å². The summed E-state index contributed by atoms with van der Waals surface area (Å²) in [5.41, 5.74) is 1.49. The molecule has 0 saturated heterocycles. The number of esters is 1. The summed E-state index contributed by atoms with van der Waals surface area (Å²) < 4.78 is 12.4. The molecule has 0 aliphatic heterocycles. The summed E-state index contributed by atoms with van der Waals surface area (Å²) in [6.45, 7) is 2.21. The van der Waals surface area contributed by atoms with Crippen LogP contribution in [0.3, 0.4) is 0 Å². The van der Waals surface area contributed by atoms with Crippen molar-refractivity contribution in [3.8, 4) is 5.75 Å². The Bertz CT molecular complexity index is 632. The Balaban J connectivity index is 1.85. The van der Waals surface area contributed by atoms with E-state index >= 15 is 0 Å². The molecule has 6 heteroatoms. The largest absolute Gasteiger partial charge is 0.487 e. The Morgan fingerprint density at radius 1 is 1.14 bits per heavy atom. The van der Waals surface area contributed by atoms with Crippen LogP contribution in [0.1, 0.15) is 16.2 Å². The van der Waals surface area contributed by atoms with Crippen LogP contribution >= 0.6 is 23.2 Å². The molecule has 0 N–H and O–H groups in total. The molecule has 0 unspecified atom stereocenters. The third kappa shape index (κ3) is 3.71. The minimum Gasteiger partial charge on any atom is -0.487 e. The van der Waals surface area contributed by atoms with Gasteiger partial charge in [0.25, 0.3) is 0 Å². The van der Waals surface area contributed by atoms with E-state index in [-0.39, 0.29) is 19.2 Å². The van der Waals surface area contributed by atoms with Gasteiger partial charge in [-0.05, 0) is 31.2 Å². The van der Waals surface area contributed by atoms with Crippen LogP contribution in [0, 0.1) is 6.92 Å². The molecule has 0 aliphatic carbocycles. The number of carbonyl (C=O) groups is 1. The number of carbonyl (C=O) groups excluding carboxylic acids is 1.